The van der Waals surface area contributed by atoms with Gasteiger partial charge in [0.2, 0.25) is 0 Å². The Labute approximate surface area is 212 Å². The van der Waals surface area contributed by atoms with Crippen LogP contribution in [0.5, 0.6) is 5.75 Å². The summed E-state index contributed by atoms with van der Waals surface area (Å²) in [6.45, 7) is 5.58. The number of H-pyrrole nitrogens is 1. The van der Waals surface area contributed by atoms with Gasteiger partial charge in [-0.15, -0.1) is 0 Å². The molecular formula is C23H29N4O9P. The van der Waals surface area contributed by atoms with E-state index in [0.717, 1.165) is 16.8 Å². The predicted octanol–water partition coefficient (Wildman–Crippen LogP) is 1.46. The Morgan fingerprint density at radius 1 is 1.30 bits per heavy atom. The molecule has 1 fully saturated rings. The first-order valence-electron chi connectivity index (χ1n) is 11.4. The van der Waals surface area contributed by atoms with E-state index in [9.17, 15) is 29.3 Å². The van der Waals surface area contributed by atoms with Gasteiger partial charge in [-0.2, -0.15) is 10.3 Å². The van der Waals surface area contributed by atoms with E-state index in [1.54, 1.807) is 32.0 Å². The van der Waals surface area contributed by atoms with Crippen molar-refractivity contribution in [3.63, 3.8) is 0 Å². The van der Waals surface area contributed by atoms with Crippen LogP contribution in [0.2, 0.25) is 0 Å². The molecule has 0 amide bonds. The van der Waals surface area contributed by atoms with Crippen LogP contribution in [0.15, 0.2) is 52.2 Å². The number of aromatic amines is 1. The second kappa shape index (κ2) is 11.4. The van der Waals surface area contributed by atoms with E-state index in [2.05, 4.69) is 10.1 Å². The highest BCUT2D eigenvalue weighted by molar-refractivity contribution is 7.52. The third-order valence-electron chi connectivity index (χ3n) is 5.56. The number of hydrogen-bond donors (Lipinski definition) is 3. The van der Waals surface area contributed by atoms with Crippen molar-refractivity contribution in [3.05, 3.63) is 63.4 Å². The van der Waals surface area contributed by atoms with Crippen molar-refractivity contribution in [2.75, 3.05) is 6.61 Å². The molecule has 3 rings (SSSR count). The number of para-hydroxylation sites is 1. The molecule has 14 heteroatoms. The lowest BCUT2D eigenvalue weighted by Crippen LogP contribution is -2.41. The van der Waals surface area contributed by atoms with Gasteiger partial charge in [-0.25, -0.2) is 9.36 Å². The van der Waals surface area contributed by atoms with Gasteiger partial charge in [0, 0.05) is 12.3 Å². The van der Waals surface area contributed by atoms with Crippen LogP contribution in [0.25, 0.3) is 0 Å². The molecule has 3 N–H and O–H groups in total. The van der Waals surface area contributed by atoms with E-state index in [0.29, 0.717) is 0 Å². The minimum absolute atomic E-state index is 0.176. The largest absolute Gasteiger partial charge is 0.462 e. The van der Waals surface area contributed by atoms with Crippen LogP contribution < -0.4 is 20.9 Å². The highest BCUT2D eigenvalue weighted by Gasteiger charge is 2.55. The van der Waals surface area contributed by atoms with Crippen LogP contribution in [0.3, 0.4) is 0 Å². The maximum atomic E-state index is 13.7. The number of carbonyl (C=O) groups is 1. The number of aliphatic hydroxyl groups is 1. The van der Waals surface area contributed by atoms with Gasteiger partial charge in [0.15, 0.2) is 6.23 Å². The van der Waals surface area contributed by atoms with Crippen LogP contribution in [0, 0.1) is 16.7 Å². The predicted molar refractivity (Wildman–Crippen MR) is 129 cm³/mol. The lowest BCUT2D eigenvalue weighted by molar-refractivity contribution is -0.149. The van der Waals surface area contributed by atoms with Crippen molar-refractivity contribution in [1.82, 2.24) is 14.6 Å². The van der Waals surface area contributed by atoms with Crippen LogP contribution in [-0.4, -0.2) is 51.6 Å². The highest BCUT2D eigenvalue weighted by atomic mass is 31.2. The van der Waals surface area contributed by atoms with E-state index in [4.69, 9.17) is 18.5 Å². The molecule has 1 aliphatic rings. The molecule has 2 heterocycles. The van der Waals surface area contributed by atoms with Gasteiger partial charge >= 0.3 is 19.4 Å². The number of aliphatic hydroxyl groups excluding tert-OH is 1. The Bertz CT molecular complexity index is 1310. The van der Waals surface area contributed by atoms with Crippen LogP contribution in [0.1, 0.15) is 33.9 Å². The summed E-state index contributed by atoms with van der Waals surface area (Å²) in [5.41, 5.74) is -3.12. The van der Waals surface area contributed by atoms with E-state index < -0.39 is 67.6 Å². The summed E-state index contributed by atoms with van der Waals surface area (Å²) in [5.74, 6) is -0.516. The fraction of sp³-hybridized carbons (Fsp3) is 0.478. The van der Waals surface area contributed by atoms with Crippen LogP contribution in [0.4, 0.5) is 0 Å². The molecule has 1 aromatic heterocycles. The minimum Gasteiger partial charge on any atom is -0.462 e. The van der Waals surface area contributed by atoms with Crippen molar-refractivity contribution in [3.8, 4) is 11.8 Å². The summed E-state index contributed by atoms with van der Waals surface area (Å²) in [4.78, 5) is 38.1. The summed E-state index contributed by atoms with van der Waals surface area (Å²) >= 11 is 0. The van der Waals surface area contributed by atoms with E-state index >= 15 is 0 Å². The Morgan fingerprint density at radius 3 is 2.57 bits per heavy atom. The first kappa shape index (κ1) is 28.3. The van der Waals surface area contributed by atoms with Gasteiger partial charge in [-0.1, -0.05) is 18.2 Å². The topological polar surface area (TPSA) is 182 Å². The number of carbonyl (C=O) groups excluding carboxylic acids is 1. The second-order valence-corrected chi connectivity index (χ2v) is 10.6. The van der Waals surface area contributed by atoms with Gasteiger partial charge in [-0.05, 0) is 39.8 Å². The molecule has 0 saturated carbocycles. The van der Waals surface area contributed by atoms with Crippen molar-refractivity contribution in [2.24, 2.45) is 5.41 Å². The fourth-order valence-corrected chi connectivity index (χ4v) is 5.14. The molecule has 37 heavy (non-hydrogen) atoms. The third-order valence-corrected chi connectivity index (χ3v) is 7.21. The molecule has 0 radical (unpaired) electrons. The van der Waals surface area contributed by atoms with Crippen LogP contribution >= 0.6 is 7.75 Å². The van der Waals surface area contributed by atoms with Gasteiger partial charge in [0.1, 0.15) is 29.4 Å². The van der Waals surface area contributed by atoms with Crippen molar-refractivity contribution >= 4 is 13.7 Å². The number of esters is 1. The molecule has 6 atom stereocenters. The number of aromatic nitrogens is 2. The zero-order valence-corrected chi connectivity index (χ0v) is 21.6. The average Bonchev–Trinajstić information content (AvgIpc) is 3.08. The number of nitriles is 1. The van der Waals surface area contributed by atoms with Crippen LogP contribution in [-0.2, 0) is 23.4 Å². The standard InChI is InChI=1S/C23H29N4O9P/c1-14(2)34-20(30)15(3)26-37(32,36-16-8-6-5-7-9-16)33-12-17-19(29)23(4,13-24)21(35-17)27-11-10-18(28)25-22(27)31/h5-11,14-15,17,19,21,29H,12H2,1-4H3,(H,26,32)(H,25,28,31)/t15-,17+,19+,21+,23?,37+/m0/s1. The number of hydrogen-bond acceptors (Lipinski definition) is 10. The first-order valence-corrected chi connectivity index (χ1v) is 13.0. The molecule has 1 aromatic carbocycles. The monoisotopic (exact) mass is 536 g/mol. The van der Waals surface area contributed by atoms with E-state index in [1.807, 2.05) is 6.07 Å². The molecule has 0 aliphatic carbocycles. The maximum Gasteiger partial charge on any atom is 0.459 e. The summed E-state index contributed by atoms with van der Waals surface area (Å²) in [6, 6.07) is 10.00. The number of nitrogens with one attached hydrogen (secondary N) is 2. The zero-order chi connectivity index (χ0) is 27.4. The number of benzene rings is 1. The number of ether oxygens (including phenoxy) is 2. The zero-order valence-electron chi connectivity index (χ0n) is 20.7. The maximum absolute atomic E-state index is 13.7. The molecule has 2 aromatic rings. The quantitative estimate of drug-likeness (QED) is 0.295. The summed E-state index contributed by atoms with van der Waals surface area (Å²) in [6.07, 6.45) is -3.29. The van der Waals surface area contributed by atoms with Crippen molar-refractivity contribution < 1.29 is 33.0 Å². The highest BCUT2D eigenvalue weighted by Crippen LogP contribution is 2.48. The normalized spacial score (nSPS) is 25.7. The summed E-state index contributed by atoms with van der Waals surface area (Å²) in [7, 11) is -4.27. The number of rotatable bonds is 10. The second-order valence-electron chi connectivity index (χ2n) is 8.92. The molecule has 1 unspecified atom stereocenters. The van der Waals surface area contributed by atoms with Crippen molar-refractivity contribution in [2.45, 2.75) is 58.3 Å². The van der Waals surface area contributed by atoms with Gasteiger partial charge in [-0.3, -0.25) is 23.7 Å². The Hall–Kier alpha value is -3.27. The molecule has 0 bridgehead atoms. The molecule has 1 aliphatic heterocycles. The van der Waals surface area contributed by atoms with Gasteiger partial charge in [0.05, 0.1) is 18.8 Å². The van der Waals surface area contributed by atoms with Gasteiger partial charge in [0.25, 0.3) is 5.56 Å². The summed E-state index contributed by atoms with van der Waals surface area (Å²) in [5, 5.41) is 23.2. The van der Waals surface area contributed by atoms with Gasteiger partial charge < -0.3 is 19.1 Å². The smallest absolute Gasteiger partial charge is 0.459 e. The molecule has 1 saturated heterocycles. The molecule has 13 nitrogen and oxygen atoms in total. The van der Waals surface area contributed by atoms with E-state index in [-0.39, 0.29) is 5.75 Å². The third kappa shape index (κ3) is 6.54. The Morgan fingerprint density at radius 2 is 1.97 bits per heavy atom. The molecule has 0 spiro atoms. The lowest BCUT2D eigenvalue weighted by atomic mass is 9.84. The minimum atomic E-state index is -4.27. The first-order chi connectivity index (χ1) is 17.4. The molecular weight excluding hydrogens is 507 g/mol. The fourth-order valence-electron chi connectivity index (χ4n) is 3.64. The molecule has 200 valence electrons. The Kier molecular flexibility index (Phi) is 8.73. The Balaban J connectivity index is 1.84. The van der Waals surface area contributed by atoms with E-state index in [1.165, 1.54) is 26.0 Å². The lowest BCUT2D eigenvalue weighted by Gasteiger charge is -2.26. The van der Waals surface area contributed by atoms with Crippen molar-refractivity contribution in [1.29, 1.82) is 5.26 Å². The number of nitrogens with zero attached hydrogens (tertiary/aromatic N) is 2. The summed E-state index contributed by atoms with van der Waals surface area (Å²) < 4.78 is 36.7. The average molecular weight is 536 g/mol. The SMILES string of the molecule is CC(C)OC(=O)[C@H](C)N[P@@](=O)(OC[C@H]1O[C@@H](n2ccc(=O)[nH]c2=O)C(C)(C#N)[C@@H]1O)Oc1ccccc1.